The number of ketones is 1. The summed E-state index contributed by atoms with van der Waals surface area (Å²) in [5.41, 5.74) is 4.19. The van der Waals surface area contributed by atoms with Gasteiger partial charge in [0.05, 0.1) is 17.4 Å². The monoisotopic (exact) mass is 429 g/mol. The van der Waals surface area contributed by atoms with Crippen LogP contribution >= 0.6 is 0 Å². The topological polar surface area (TPSA) is 69.5 Å². The van der Waals surface area contributed by atoms with Crippen molar-refractivity contribution in [2.45, 2.75) is 57.0 Å². The maximum Gasteiger partial charge on any atom is 0.336 e. The number of esters is 1. The molecule has 5 heteroatoms. The first-order valence-electron chi connectivity index (χ1n) is 11.6. The van der Waals surface area contributed by atoms with Gasteiger partial charge in [0.25, 0.3) is 0 Å². The maximum absolute atomic E-state index is 13.5. The zero-order valence-electron chi connectivity index (χ0n) is 18.3. The van der Waals surface area contributed by atoms with Crippen LogP contribution in [0.5, 0.6) is 0 Å². The van der Waals surface area contributed by atoms with Gasteiger partial charge in [0.15, 0.2) is 11.9 Å². The Balaban J connectivity index is 1.56. The molecule has 32 heavy (non-hydrogen) atoms. The molecule has 0 spiro atoms. The van der Waals surface area contributed by atoms with Gasteiger partial charge in [-0.05, 0) is 38.2 Å². The fourth-order valence-electron chi connectivity index (χ4n) is 5.42. The summed E-state index contributed by atoms with van der Waals surface area (Å²) >= 11 is 0. The van der Waals surface area contributed by atoms with Crippen molar-refractivity contribution in [3.05, 3.63) is 89.0 Å². The molecule has 1 aliphatic heterocycles. The van der Waals surface area contributed by atoms with Crippen molar-refractivity contribution < 1.29 is 19.3 Å². The van der Waals surface area contributed by atoms with Gasteiger partial charge in [-0.2, -0.15) is 0 Å². The molecule has 1 aromatic carbocycles. The summed E-state index contributed by atoms with van der Waals surface area (Å²) in [7, 11) is 0. The summed E-state index contributed by atoms with van der Waals surface area (Å²) in [5.74, 6) is -0.945. The number of aromatic amines is 1. The van der Waals surface area contributed by atoms with Crippen molar-refractivity contribution >= 4 is 11.8 Å². The van der Waals surface area contributed by atoms with E-state index in [2.05, 4.69) is 28.5 Å². The van der Waals surface area contributed by atoms with Crippen molar-refractivity contribution in [1.29, 1.82) is 0 Å². The van der Waals surface area contributed by atoms with Gasteiger partial charge in [0, 0.05) is 35.9 Å². The van der Waals surface area contributed by atoms with Gasteiger partial charge in [-0.1, -0.05) is 42.5 Å². The standard InChI is InChI=1S/C27H28N2O3/c1-17-24(27(31)32-20-11-5-6-12-20)26(21-13-7-8-14-28-21)25-22(29-17)15-19(16-23(25)30)18-9-3-2-4-10-18/h2-4,7-10,13-15,19-20,25-26,29H,5-6,11-12,16H2,1H3/p+1. The summed E-state index contributed by atoms with van der Waals surface area (Å²) in [6, 6.07) is 15.9. The van der Waals surface area contributed by atoms with Crippen LogP contribution in [0, 0.1) is 5.92 Å². The second-order valence-electron chi connectivity index (χ2n) is 9.06. The third kappa shape index (κ3) is 3.88. The van der Waals surface area contributed by atoms with Gasteiger partial charge in [-0.3, -0.25) is 4.79 Å². The Morgan fingerprint density at radius 2 is 1.78 bits per heavy atom. The molecule has 3 aliphatic rings. The molecule has 1 aromatic heterocycles. The molecule has 5 rings (SSSR count). The van der Waals surface area contributed by atoms with Crippen molar-refractivity contribution in [3.63, 3.8) is 0 Å². The van der Waals surface area contributed by atoms with Crippen molar-refractivity contribution in [3.8, 4) is 0 Å². The molecule has 0 amide bonds. The predicted molar refractivity (Wildman–Crippen MR) is 120 cm³/mol. The number of carbonyl (C=O) groups excluding carboxylic acids is 2. The Morgan fingerprint density at radius 1 is 1.03 bits per heavy atom. The van der Waals surface area contributed by atoms with Crippen LogP contribution in [0.25, 0.3) is 0 Å². The van der Waals surface area contributed by atoms with Crippen molar-refractivity contribution in [2.75, 3.05) is 0 Å². The zero-order chi connectivity index (χ0) is 22.1. The van der Waals surface area contributed by atoms with E-state index >= 15 is 0 Å². The minimum Gasteiger partial charge on any atom is -0.459 e. The van der Waals surface area contributed by atoms with Crippen LogP contribution < -0.4 is 10.3 Å². The van der Waals surface area contributed by atoms with Crippen LogP contribution in [-0.2, 0) is 14.3 Å². The molecule has 3 unspecified atom stereocenters. The fraction of sp³-hybridized carbons (Fsp3) is 0.370. The third-order valence-electron chi connectivity index (χ3n) is 6.96. The highest BCUT2D eigenvalue weighted by molar-refractivity contribution is 5.96. The average Bonchev–Trinajstić information content (AvgIpc) is 3.32. The molecular weight excluding hydrogens is 400 g/mol. The number of nitrogens with one attached hydrogen (secondary N) is 2. The van der Waals surface area contributed by atoms with E-state index in [0.717, 1.165) is 48.3 Å². The lowest BCUT2D eigenvalue weighted by Gasteiger charge is -2.38. The number of hydrogen-bond acceptors (Lipinski definition) is 4. The predicted octanol–water partition coefficient (Wildman–Crippen LogP) is 4.20. The van der Waals surface area contributed by atoms with E-state index in [1.54, 1.807) is 0 Å². The maximum atomic E-state index is 13.5. The van der Waals surface area contributed by atoms with E-state index < -0.39 is 5.92 Å². The minimum absolute atomic E-state index is 0.0235. The van der Waals surface area contributed by atoms with Crippen LogP contribution in [0.1, 0.15) is 62.1 Å². The van der Waals surface area contributed by atoms with Gasteiger partial charge in [-0.25, -0.2) is 9.78 Å². The smallest absolute Gasteiger partial charge is 0.336 e. The van der Waals surface area contributed by atoms with Crippen molar-refractivity contribution in [2.24, 2.45) is 5.92 Å². The van der Waals surface area contributed by atoms with Gasteiger partial charge < -0.3 is 10.1 Å². The number of pyridine rings is 1. The summed E-state index contributed by atoms with van der Waals surface area (Å²) in [4.78, 5) is 30.2. The van der Waals surface area contributed by atoms with E-state index in [4.69, 9.17) is 4.74 Å². The Bertz CT molecular complexity index is 1070. The van der Waals surface area contributed by atoms with Gasteiger partial charge in [0.2, 0.25) is 0 Å². The Labute approximate surface area is 188 Å². The molecule has 164 valence electrons. The first-order chi connectivity index (χ1) is 15.6. The molecule has 2 aromatic rings. The normalized spacial score (nSPS) is 25.7. The first-order valence-corrected chi connectivity index (χ1v) is 11.6. The number of rotatable bonds is 4. The SMILES string of the molecule is CC1=C(C(=O)OC2CCCC2)C(c2cccc[nH+]2)C2C(=O)CC(c3ccccc3)C=C2N1. The largest absolute Gasteiger partial charge is 0.459 e. The number of fused-ring (bicyclic) bond motifs is 1. The molecule has 2 N–H and O–H groups in total. The lowest BCUT2D eigenvalue weighted by Crippen LogP contribution is -2.43. The van der Waals surface area contributed by atoms with Gasteiger partial charge >= 0.3 is 5.97 Å². The lowest BCUT2D eigenvalue weighted by molar-refractivity contribution is -0.392. The molecule has 0 bridgehead atoms. The zero-order valence-corrected chi connectivity index (χ0v) is 18.3. The minimum atomic E-state index is -0.427. The number of hydrogen-bond donors (Lipinski definition) is 1. The molecule has 1 fully saturated rings. The third-order valence-corrected chi connectivity index (χ3v) is 6.96. The van der Waals surface area contributed by atoms with E-state index in [1.807, 2.05) is 49.5 Å². The summed E-state index contributed by atoms with van der Waals surface area (Å²) < 4.78 is 5.90. The van der Waals surface area contributed by atoms with Crippen LogP contribution in [0.15, 0.2) is 77.8 Å². The Morgan fingerprint density at radius 3 is 2.50 bits per heavy atom. The van der Waals surface area contributed by atoms with Crippen LogP contribution in [0.4, 0.5) is 0 Å². The van der Waals surface area contributed by atoms with E-state index in [9.17, 15) is 9.59 Å². The number of aromatic nitrogens is 1. The summed E-state index contributed by atoms with van der Waals surface area (Å²) in [6.45, 7) is 1.91. The second kappa shape index (κ2) is 8.73. The number of allylic oxidation sites excluding steroid dienone is 3. The highest BCUT2D eigenvalue weighted by Gasteiger charge is 2.47. The van der Waals surface area contributed by atoms with Crippen LogP contribution in [-0.4, -0.2) is 17.9 Å². The van der Waals surface area contributed by atoms with E-state index in [1.165, 1.54) is 0 Å². The molecular formula is C27H29N2O3+. The van der Waals surface area contributed by atoms with Crippen molar-refractivity contribution in [1.82, 2.24) is 5.32 Å². The van der Waals surface area contributed by atoms with Crippen LogP contribution in [0.3, 0.4) is 0 Å². The number of Topliss-reactive ketones (excluding diaryl/α,β-unsaturated/α-hetero) is 1. The Kier molecular flexibility index (Phi) is 5.64. The van der Waals surface area contributed by atoms with Gasteiger partial charge in [0.1, 0.15) is 11.9 Å². The molecule has 2 heterocycles. The average molecular weight is 430 g/mol. The number of ether oxygens (including phenoxy) is 1. The molecule has 2 aliphatic carbocycles. The number of H-pyrrole nitrogens is 1. The van der Waals surface area contributed by atoms with E-state index in [0.29, 0.717) is 12.0 Å². The second-order valence-corrected chi connectivity index (χ2v) is 9.06. The highest BCUT2D eigenvalue weighted by atomic mass is 16.5. The van der Waals surface area contributed by atoms with E-state index in [-0.39, 0.29) is 29.7 Å². The highest BCUT2D eigenvalue weighted by Crippen LogP contribution is 2.45. The molecule has 3 atom stereocenters. The fourth-order valence-corrected chi connectivity index (χ4v) is 5.42. The van der Waals surface area contributed by atoms with Gasteiger partial charge in [-0.15, -0.1) is 0 Å². The first kappa shape index (κ1) is 20.7. The summed E-state index contributed by atoms with van der Waals surface area (Å²) in [5, 5.41) is 3.41. The molecule has 5 nitrogen and oxygen atoms in total. The van der Waals surface area contributed by atoms with Crippen LogP contribution in [0.2, 0.25) is 0 Å². The molecule has 1 saturated carbocycles. The molecule has 0 radical (unpaired) electrons. The molecule has 0 saturated heterocycles. The number of benzene rings is 1. The number of carbonyl (C=O) groups is 2. The lowest BCUT2D eigenvalue weighted by atomic mass is 9.69. The summed E-state index contributed by atoms with van der Waals surface area (Å²) in [6.07, 6.45) is 8.44. The quantitative estimate of drug-likeness (QED) is 0.740. The Hall–Kier alpha value is -3.21.